The van der Waals surface area contributed by atoms with Crippen molar-refractivity contribution in [1.82, 2.24) is 0 Å². The molecule has 0 amide bonds. The topological polar surface area (TPSA) is 37.3 Å². The van der Waals surface area contributed by atoms with Gasteiger partial charge in [0.05, 0.1) is 6.26 Å². The first-order valence-corrected chi connectivity index (χ1v) is 4.30. The largest absolute Gasteiger partial charge is 0.515 e. The van der Waals surface area contributed by atoms with E-state index in [2.05, 4.69) is 6.92 Å². The van der Waals surface area contributed by atoms with Crippen LogP contribution < -0.4 is 0 Å². The molecule has 0 aromatic heterocycles. The zero-order valence-electron chi connectivity index (χ0n) is 7.49. The molecule has 0 aliphatic heterocycles. The lowest BCUT2D eigenvalue weighted by molar-refractivity contribution is -0.104. The van der Waals surface area contributed by atoms with Gasteiger partial charge in [-0.25, -0.2) is 0 Å². The molecule has 0 aromatic rings. The molecule has 0 fully saturated rings. The molecule has 0 unspecified atom stereocenters. The van der Waals surface area contributed by atoms with Crippen LogP contribution in [0.25, 0.3) is 0 Å². The van der Waals surface area contributed by atoms with Gasteiger partial charge in [0.2, 0.25) is 0 Å². The maximum atomic E-state index is 9.96. The first-order chi connectivity index (χ1) is 5.85. The predicted octanol–water partition coefficient (Wildman–Crippen LogP) is 2.76. The Morgan fingerprint density at radius 1 is 1.42 bits per heavy atom. The van der Waals surface area contributed by atoms with Crippen LogP contribution in [0.5, 0.6) is 0 Å². The Morgan fingerprint density at radius 3 is 2.67 bits per heavy atom. The average molecular weight is 168 g/mol. The van der Waals surface area contributed by atoms with E-state index in [-0.39, 0.29) is 0 Å². The van der Waals surface area contributed by atoms with Gasteiger partial charge in [-0.15, -0.1) is 0 Å². The molecule has 0 aromatic carbocycles. The van der Waals surface area contributed by atoms with Crippen molar-refractivity contribution >= 4 is 6.29 Å². The Bertz CT molecular complexity index is 169. The first-order valence-electron chi connectivity index (χ1n) is 4.30. The number of carbonyl (C=O) groups excluding carboxylic acids is 1. The fourth-order valence-electron chi connectivity index (χ4n) is 0.933. The molecule has 0 bridgehead atoms. The number of allylic oxidation sites excluding steroid dienone is 3. The fraction of sp³-hybridized carbons (Fsp3) is 0.500. The minimum absolute atomic E-state index is 0.712. The summed E-state index contributed by atoms with van der Waals surface area (Å²) in [6, 6.07) is 0. The maximum Gasteiger partial charge on any atom is 0.142 e. The molecule has 0 rings (SSSR count). The quantitative estimate of drug-likeness (QED) is 0.218. The number of unbranched alkanes of at least 4 members (excludes halogenated alkanes) is 2. The normalized spacial score (nSPS) is 12.2. The highest BCUT2D eigenvalue weighted by atomic mass is 16.2. The lowest BCUT2D eigenvalue weighted by atomic mass is 10.1. The summed E-state index contributed by atoms with van der Waals surface area (Å²) in [6.07, 6.45) is 9.04. The number of hydrogen-bond donors (Lipinski definition) is 1. The summed E-state index contributed by atoms with van der Waals surface area (Å²) in [5.41, 5.74) is 0.815. The number of rotatable bonds is 6. The van der Waals surface area contributed by atoms with Crippen molar-refractivity contribution in [3.05, 3.63) is 24.0 Å². The number of aliphatic hydroxyl groups excluding tert-OH is 1. The van der Waals surface area contributed by atoms with E-state index in [9.17, 15) is 4.79 Å². The third-order valence-electron chi connectivity index (χ3n) is 1.62. The van der Waals surface area contributed by atoms with Crippen molar-refractivity contribution < 1.29 is 9.90 Å². The van der Waals surface area contributed by atoms with Crippen LogP contribution in [0.2, 0.25) is 0 Å². The molecule has 0 aliphatic rings. The van der Waals surface area contributed by atoms with Gasteiger partial charge in [-0.3, -0.25) is 4.79 Å². The number of aliphatic hydroxyl groups is 1. The number of hydrogen-bond acceptors (Lipinski definition) is 2. The molecule has 0 saturated carbocycles. The standard InChI is InChI=1S/C10H16O2/c1-2-3-4-6-10(9-12)7-5-8-11/h5,7-9,12H,2-4,6H2,1H3. The predicted molar refractivity (Wildman–Crippen MR) is 50.1 cm³/mol. The van der Waals surface area contributed by atoms with Crippen molar-refractivity contribution in [3.63, 3.8) is 0 Å². The van der Waals surface area contributed by atoms with Crippen LogP contribution in [0, 0.1) is 0 Å². The molecule has 0 spiro atoms. The van der Waals surface area contributed by atoms with Crippen LogP contribution in [0.4, 0.5) is 0 Å². The number of carbonyl (C=O) groups is 1. The molecule has 0 radical (unpaired) electrons. The molecule has 0 saturated heterocycles. The van der Waals surface area contributed by atoms with E-state index in [1.54, 1.807) is 6.08 Å². The van der Waals surface area contributed by atoms with Crippen LogP contribution in [0.1, 0.15) is 32.6 Å². The van der Waals surface area contributed by atoms with Gasteiger partial charge >= 0.3 is 0 Å². The maximum absolute atomic E-state index is 9.96. The van der Waals surface area contributed by atoms with E-state index in [1.807, 2.05) is 0 Å². The molecule has 0 heterocycles. The Kier molecular flexibility index (Phi) is 7.35. The van der Waals surface area contributed by atoms with Gasteiger partial charge in [-0.2, -0.15) is 0 Å². The second-order valence-corrected chi connectivity index (χ2v) is 2.66. The van der Waals surface area contributed by atoms with E-state index in [0.717, 1.165) is 37.5 Å². The first kappa shape index (κ1) is 11.0. The van der Waals surface area contributed by atoms with Crippen molar-refractivity contribution in [2.75, 3.05) is 0 Å². The highest BCUT2D eigenvalue weighted by Crippen LogP contribution is 2.08. The Hall–Kier alpha value is -1.05. The highest BCUT2D eigenvalue weighted by Gasteiger charge is 1.91. The smallest absolute Gasteiger partial charge is 0.142 e. The van der Waals surface area contributed by atoms with E-state index < -0.39 is 0 Å². The summed E-state index contributed by atoms with van der Waals surface area (Å²) in [5, 5.41) is 8.72. The summed E-state index contributed by atoms with van der Waals surface area (Å²) >= 11 is 0. The van der Waals surface area contributed by atoms with Crippen LogP contribution >= 0.6 is 0 Å². The summed E-state index contributed by atoms with van der Waals surface area (Å²) in [4.78, 5) is 9.96. The van der Waals surface area contributed by atoms with Crippen molar-refractivity contribution in [1.29, 1.82) is 0 Å². The fourth-order valence-corrected chi connectivity index (χ4v) is 0.933. The molecule has 2 nitrogen and oxygen atoms in total. The molecular formula is C10H16O2. The zero-order valence-corrected chi connectivity index (χ0v) is 7.49. The van der Waals surface area contributed by atoms with Gasteiger partial charge < -0.3 is 5.11 Å². The minimum atomic E-state index is 0.712. The van der Waals surface area contributed by atoms with Gasteiger partial charge in [-0.05, 0) is 24.5 Å². The average Bonchev–Trinajstić information content (AvgIpc) is 2.11. The lowest BCUT2D eigenvalue weighted by Gasteiger charge is -1.98. The monoisotopic (exact) mass is 168 g/mol. The van der Waals surface area contributed by atoms with Crippen LogP contribution in [-0.2, 0) is 4.79 Å². The summed E-state index contributed by atoms with van der Waals surface area (Å²) in [7, 11) is 0. The Morgan fingerprint density at radius 2 is 2.17 bits per heavy atom. The van der Waals surface area contributed by atoms with E-state index in [4.69, 9.17) is 5.11 Å². The SMILES string of the molecule is CCCCCC(C=CC=O)=CO. The minimum Gasteiger partial charge on any atom is -0.515 e. The van der Waals surface area contributed by atoms with Gasteiger partial charge in [0.25, 0.3) is 0 Å². The Labute approximate surface area is 73.6 Å². The third kappa shape index (κ3) is 5.71. The molecule has 2 heteroatoms. The van der Waals surface area contributed by atoms with E-state index in [1.165, 1.54) is 6.08 Å². The molecule has 1 N–H and O–H groups in total. The third-order valence-corrected chi connectivity index (χ3v) is 1.62. The van der Waals surface area contributed by atoms with Crippen molar-refractivity contribution in [2.45, 2.75) is 32.6 Å². The summed E-state index contributed by atoms with van der Waals surface area (Å²) < 4.78 is 0. The van der Waals surface area contributed by atoms with Gasteiger partial charge in [0.1, 0.15) is 6.29 Å². The van der Waals surface area contributed by atoms with Crippen LogP contribution in [0.15, 0.2) is 24.0 Å². The van der Waals surface area contributed by atoms with Crippen LogP contribution in [0.3, 0.4) is 0 Å². The van der Waals surface area contributed by atoms with Crippen LogP contribution in [-0.4, -0.2) is 11.4 Å². The molecule has 12 heavy (non-hydrogen) atoms. The van der Waals surface area contributed by atoms with Crippen molar-refractivity contribution in [3.8, 4) is 0 Å². The highest BCUT2D eigenvalue weighted by molar-refractivity contribution is 5.65. The lowest BCUT2D eigenvalue weighted by Crippen LogP contribution is -1.81. The van der Waals surface area contributed by atoms with E-state index >= 15 is 0 Å². The zero-order chi connectivity index (χ0) is 9.23. The molecular weight excluding hydrogens is 152 g/mol. The number of aldehydes is 1. The Balaban J connectivity index is 3.69. The van der Waals surface area contributed by atoms with Gasteiger partial charge in [-0.1, -0.05) is 25.8 Å². The second-order valence-electron chi connectivity index (χ2n) is 2.66. The van der Waals surface area contributed by atoms with Gasteiger partial charge in [0.15, 0.2) is 0 Å². The summed E-state index contributed by atoms with van der Waals surface area (Å²) in [6.45, 7) is 2.13. The van der Waals surface area contributed by atoms with Crippen molar-refractivity contribution in [2.24, 2.45) is 0 Å². The van der Waals surface area contributed by atoms with Gasteiger partial charge in [0, 0.05) is 0 Å². The molecule has 0 aliphatic carbocycles. The second kappa shape index (κ2) is 8.05. The molecule has 0 atom stereocenters. The summed E-state index contributed by atoms with van der Waals surface area (Å²) in [5.74, 6) is 0. The van der Waals surface area contributed by atoms with E-state index in [0.29, 0.717) is 6.29 Å². The molecule has 68 valence electrons.